The van der Waals surface area contributed by atoms with Crippen molar-refractivity contribution in [2.45, 2.75) is 27.7 Å². The Labute approximate surface area is 183 Å². The first-order valence-corrected chi connectivity index (χ1v) is 10.6. The van der Waals surface area contributed by atoms with Crippen LogP contribution in [0.1, 0.15) is 36.7 Å². The van der Waals surface area contributed by atoms with Crippen molar-refractivity contribution in [3.8, 4) is 0 Å². The van der Waals surface area contributed by atoms with Crippen LogP contribution in [0.25, 0.3) is 0 Å². The summed E-state index contributed by atoms with van der Waals surface area (Å²) in [5, 5.41) is 5.84. The molecule has 0 spiro atoms. The number of nitrogens with zero attached hydrogens (tertiary/aromatic N) is 2. The minimum Gasteiger partial charge on any atom is -0.368 e. The van der Waals surface area contributed by atoms with Gasteiger partial charge in [-0.25, -0.2) is 4.79 Å². The fourth-order valence-electron chi connectivity index (χ4n) is 3.39. The molecule has 31 heavy (non-hydrogen) atoms. The lowest BCUT2D eigenvalue weighted by atomic mass is 10.1. The van der Waals surface area contributed by atoms with Gasteiger partial charge in [-0.15, -0.1) is 0 Å². The first-order chi connectivity index (χ1) is 14.7. The molecule has 1 aliphatic rings. The molecule has 3 amide bonds. The molecule has 7 heteroatoms. The molecule has 2 aromatic rings. The quantitative estimate of drug-likeness (QED) is 0.710. The Kier molecular flexibility index (Phi) is 6.95. The number of rotatable bonds is 5. The molecule has 0 saturated carbocycles. The number of ketones is 1. The third kappa shape index (κ3) is 5.63. The van der Waals surface area contributed by atoms with Gasteiger partial charge in [0.1, 0.15) is 0 Å². The summed E-state index contributed by atoms with van der Waals surface area (Å²) >= 11 is 0. The van der Waals surface area contributed by atoms with Crippen molar-refractivity contribution in [2.24, 2.45) is 5.92 Å². The molecule has 0 radical (unpaired) electrons. The van der Waals surface area contributed by atoms with E-state index in [0.717, 1.165) is 24.3 Å². The average molecular weight is 423 g/mol. The molecule has 0 unspecified atom stereocenters. The van der Waals surface area contributed by atoms with Gasteiger partial charge in [0, 0.05) is 54.7 Å². The molecule has 1 aliphatic heterocycles. The third-order valence-electron chi connectivity index (χ3n) is 5.48. The molecule has 2 N–H and O–H groups in total. The second kappa shape index (κ2) is 9.64. The predicted octanol–water partition coefficient (Wildman–Crippen LogP) is 4.15. The smallest absolute Gasteiger partial charge is 0.321 e. The van der Waals surface area contributed by atoms with Gasteiger partial charge in [0.25, 0.3) is 0 Å². The Balaban J connectivity index is 1.58. The lowest BCUT2D eigenvalue weighted by molar-refractivity contribution is -0.118. The van der Waals surface area contributed by atoms with Crippen molar-refractivity contribution < 1.29 is 14.4 Å². The molecule has 0 atom stereocenters. The van der Waals surface area contributed by atoms with E-state index in [1.807, 2.05) is 57.2 Å². The van der Waals surface area contributed by atoms with E-state index in [2.05, 4.69) is 15.5 Å². The van der Waals surface area contributed by atoms with Crippen molar-refractivity contribution >= 4 is 34.8 Å². The molecule has 1 saturated heterocycles. The van der Waals surface area contributed by atoms with Crippen molar-refractivity contribution in [3.63, 3.8) is 0 Å². The molecule has 1 fully saturated rings. The van der Waals surface area contributed by atoms with Crippen LogP contribution in [0.5, 0.6) is 0 Å². The standard InChI is InChI=1S/C24H30N4O3/c1-16(2)23(30)25-20-8-5-17(3)22(15-20)26-24(31)28-13-11-27(12-14-28)21-9-6-19(7-10-21)18(4)29/h5-10,15-16H,11-14H2,1-4H3,(H,25,30)(H,26,31). The molecule has 164 valence electrons. The molecular weight excluding hydrogens is 392 g/mol. The Morgan fingerprint density at radius 2 is 1.55 bits per heavy atom. The predicted molar refractivity (Wildman–Crippen MR) is 124 cm³/mol. The summed E-state index contributed by atoms with van der Waals surface area (Å²) in [5.74, 6) is -0.126. The summed E-state index contributed by atoms with van der Waals surface area (Å²) in [7, 11) is 0. The molecule has 0 aliphatic carbocycles. The zero-order valence-electron chi connectivity index (χ0n) is 18.6. The van der Waals surface area contributed by atoms with E-state index >= 15 is 0 Å². The minimum absolute atomic E-state index is 0.0520. The van der Waals surface area contributed by atoms with Crippen LogP contribution in [0.3, 0.4) is 0 Å². The molecule has 3 rings (SSSR count). The number of benzene rings is 2. The highest BCUT2D eigenvalue weighted by Gasteiger charge is 2.22. The molecule has 2 aromatic carbocycles. The normalized spacial score (nSPS) is 13.8. The van der Waals surface area contributed by atoms with Gasteiger partial charge in [-0.2, -0.15) is 0 Å². The Hall–Kier alpha value is -3.35. The van der Waals surface area contributed by atoms with Gasteiger partial charge in [0.2, 0.25) is 5.91 Å². The number of hydrogen-bond acceptors (Lipinski definition) is 4. The zero-order chi connectivity index (χ0) is 22.5. The minimum atomic E-state index is -0.151. The highest BCUT2D eigenvalue weighted by molar-refractivity contribution is 5.95. The highest BCUT2D eigenvalue weighted by Crippen LogP contribution is 2.22. The summed E-state index contributed by atoms with van der Waals surface area (Å²) in [6.07, 6.45) is 0. The van der Waals surface area contributed by atoms with Gasteiger partial charge in [-0.1, -0.05) is 19.9 Å². The molecular formula is C24H30N4O3. The number of amides is 3. The van der Waals surface area contributed by atoms with Crippen LogP contribution < -0.4 is 15.5 Å². The van der Waals surface area contributed by atoms with Crippen LogP contribution in [0, 0.1) is 12.8 Å². The maximum absolute atomic E-state index is 12.8. The van der Waals surface area contributed by atoms with Gasteiger partial charge < -0.3 is 20.4 Å². The highest BCUT2D eigenvalue weighted by atomic mass is 16.2. The zero-order valence-corrected chi connectivity index (χ0v) is 18.6. The van der Waals surface area contributed by atoms with Gasteiger partial charge in [-0.05, 0) is 55.8 Å². The van der Waals surface area contributed by atoms with Crippen LogP contribution in [0.15, 0.2) is 42.5 Å². The third-order valence-corrected chi connectivity index (χ3v) is 5.48. The number of urea groups is 1. The molecule has 1 heterocycles. The maximum Gasteiger partial charge on any atom is 0.321 e. The monoisotopic (exact) mass is 422 g/mol. The van der Waals surface area contributed by atoms with E-state index in [4.69, 9.17) is 0 Å². The van der Waals surface area contributed by atoms with Crippen molar-refractivity contribution in [3.05, 3.63) is 53.6 Å². The SMILES string of the molecule is CC(=O)c1ccc(N2CCN(C(=O)Nc3cc(NC(=O)C(C)C)ccc3C)CC2)cc1. The van der Waals surface area contributed by atoms with Gasteiger partial charge in [0.15, 0.2) is 5.78 Å². The van der Waals surface area contributed by atoms with Crippen LogP contribution in [0.2, 0.25) is 0 Å². The second-order valence-corrected chi connectivity index (χ2v) is 8.18. The number of Topliss-reactive ketones (excluding diaryl/α,β-unsaturated/α-hetero) is 1. The van der Waals surface area contributed by atoms with Crippen LogP contribution >= 0.6 is 0 Å². The lowest BCUT2D eigenvalue weighted by Gasteiger charge is -2.36. The van der Waals surface area contributed by atoms with Crippen molar-refractivity contribution in [1.82, 2.24) is 4.90 Å². The first-order valence-electron chi connectivity index (χ1n) is 10.6. The number of anilines is 3. The number of carbonyl (C=O) groups is 3. The summed E-state index contributed by atoms with van der Waals surface area (Å²) in [4.78, 5) is 40.2. The van der Waals surface area contributed by atoms with E-state index in [0.29, 0.717) is 30.0 Å². The second-order valence-electron chi connectivity index (χ2n) is 8.18. The van der Waals surface area contributed by atoms with E-state index < -0.39 is 0 Å². The van der Waals surface area contributed by atoms with E-state index in [9.17, 15) is 14.4 Å². The Bertz CT molecular complexity index is 961. The van der Waals surface area contributed by atoms with Gasteiger partial charge in [-0.3, -0.25) is 9.59 Å². The Morgan fingerprint density at radius 1 is 0.903 bits per heavy atom. The number of nitrogens with one attached hydrogen (secondary N) is 2. The maximum atomic E-state index is 12.8. The summed E-state index contributed by atoms with van der Waals surface area (Å²) in [6, 6.07) is 12.9. The number of piperazine rings is 1. The summed E-state index contributed by atoms with van der Waals surface area (Å²) in [6.45, 7) is 9.79. The van der Waals surface area contributed by atoms with Crippen LogP contribution in [-0.4, -0.2) is 48.8 Å². The fraction of sp³-hybridized carbons (Fsp3) is 0.375. The lowest BCUT2D eigenvalue weighted by Crippen LogP contribution is -2.50. The molecule has 0 bridgehead atoms. The van der Waals surface area contributed by atoms with E-state index in [1.54, 1.807) is 17.9 Å². The topological polar surface area (TPSA) is 81.8 Å². The van der Waals surface area contributed by atoms with Crippen LogP contribution in [0.4, 0.5) is 21.9 Å². The molecule has 7 nitrogen and oxygen atoms in total. The van der Waals surface area contributed by atoms with Gasteiger partial charge in [0.05, 0.1) is 0 Å². The van der Waals surface area contributed by atoms with E-state index in [-0.39, 0.29) is 23.6 Å². The summed E-state index contributed by atoms with van der Waals surface area (Å²) in [5.41, 5.74) is 4.03. The average Bonchev–Trinajstić information content (AvgIpc) is 2.76. The Morgan fingerprint density at radius 3 is 2.13 bits per heavy atom. The largest absolute Gasteiger partial charge is 0.368 e. The van der Waals surface area contributed by atoms with Gasteiger partial charge >= 0.3 is 6.03 Å². The van der Waals surface area contributed by atoms with E-state index in [1.165, 1.54) is 0 Å². The fourth-order valence-corrected chi connectivity index (χ4v) is 3.39. The van der Waals surface area contributed by atoms with Crippen molar-refractivity contribution in [2.75, 3.05) is 41.7 Å². The number of hydrogen-bond donors (Lipinski definition) is 2. The number of carbonyl (C=O) groups excluding carboxylic acids is 3. The molecule has 0 aromatic heterocycles. The first kappa shape index (κ1) is 22.3. The van der Waals surface area contributed by atoms with Crippen LogP contribution in [-0.2, 0) is 4.79 Å². The summed E-state index contributed by atoms with van der Waals surface area (Å²) < 4.78 is 0. The number of aryl methyl sites for hydroxylation is 1. The van der Waals surface area contributed by atoms with Crippen molar-refractivity contribution in [1.29, 1.82) is 0 Å².